The molecular weight excluding hydrogens is 248 g/mol. The van der Waals surface area contributed by atoms with E-state index in [2.05, 4.69) is 18.5 Å². The maximum Gasteiger partial charge on any atom is 0.263 e. The highest BCUT2D eigenvalue weighted by Gasteiger charge is 2.06. The third kappa shape index (κ3) is 6.50. The van der Waals surface area contributed by atoms with E-state index in [1.807, 2.05) is 0 Å². The molecule has 0 aromatic heterocycles. The summed E-state index contributed by atoms with van der Waals surface area (Å²) in [6.07, 6.45) is 4.57. The number of hydrogen-bond donors (Lipinski definition) is 1. The molecule has 0 aliphatic rings. The molecule has 0 heterocycles. The monoisotopic (exact) mass is 267 g/mol. The van der Waals surface area contributed by atoms with Gasteiger partial charge in [-0.3, -0.25) is 4.79 Å². The average molecular weight is 267 g/mol. The summed E-state index contributed by atoms with van der Waals surface area (Å²) in [5.41, 5.74) is 1.25. The Morgan fingerprint density at radius 3 is 2.37 bits per heavy atom. The van der Waals surface area contributed by atoms with Crippen molar-refractivity contribution in [1.82, 2.24) is 5.32 Å². The molecule has 4 heteroatoms. The molecule has 1 N–H and O–H groups in total. The summed E-state index contributed by atoms with van der Waals surface area (Å²) in [6, 6.07) is 0. The van der Waals surface area contributed by atoms with Crippen LogP contribution in [0.15, 0.2) is 60.4 Å². The molecule has 2 nitrogen and oxygen atoms in total. The average Bonchev–Trinajstić information content (AvgIpc) is 2.39. The Balaban J connectivity index is 4.54. The Kier molecular flexibility index (Phi) is 8.09. The first-order valence-electron chi connectivity index (χ1n) is 5.82. The van der Waals surface area contributed by atoms with Crippen LogP contribution in [0, 0.1) is 0 Å². The second kappa shape index (κ2) is 9.03. The third-order valence-electron chi connectivity index (χ3n) is 2.41. The van der Waals surface area contributed by atoms with Crippen LogP contribution in [0.5, 0.6) is 0 Å². The number of carbonyl (C=O) groups excluding carboxylic acids is 1. The highest BCUT2D eigenvalue weighted by Crippen LogP contribution is 2.10. The maximum absolute atomic E-state index is 12.4. The van der Waals surface area contributed by atoms with E-state index >= 15 is 0 Å². The van der Waals surface area contributed by atoms with E-state index in [4.69, 9.17) is 0 Å². The minimum atomic E-state index is -2.53. The lowest BCUT2D eigenvalue weighted by Crippen LogP contribution is -2.21. The van der Waals surface area contributed by atoms with E-state index in [0.717, 1.165) is 5.57 Å². The largest absolute Gasteiger partial charge is 0.326 e. The van der Waals surface area contributed by atoms with Gasteiger partial charge in [-0.1, -0.05) is 37.5 Å². The Morgan fingerprint density at radius 2 is 1.95 bits per heavy atom. The van der Waals surface area contributed by atoms with Crippen molar-refractivity contribution < 1.29 is 13.6 Å². The molecular formula is C15H19F2NO. The normalized spacial score (nSPS) is 13.4. The number of allylic oxidation sites excluding steroid dienone is 6. The molecule has 0 bridgehead atoms. The lowest BCUT2D eigenvalue weighted by Gasteiger charge is -2.06. The van der Waals surface area contributed by atoms with E-state index in [1.165, 1.54) is 31.2 Å². The molecule has 0 rings (SSSR count). The van der Waals surface area contributed by atoms with E-state index in [-0.39, 0.29) is 17.9 Å². The summed E-state index contributed by atoms with van der Waals surface area (Å²) < 4.78 is 24.8. The Labute approximate surface area is 112 Å². The number of rotatable bonds is 7. The van der Waals surface area contributed by atoms with Crippen molar-refractivity contribution in [3.63, 3.8) is 0 Å². The molecule has 0 radical (unpaired) electrons. The van der Waals surface area contributed by atoms with Crippen molar-refractivity contribution in [2.45, 2.75) is 26.7 Å². The molecule has 0 unspecified atom stereocenters. The number of hydrogen-bond acceptors (Lipinski definition) is 1. The fourth-order valence-corrected chi connectivity index (χ4v) is 1.22. The van der Waals surface area contributed by atoms with Crippen molar-refractivity contribution in [3.05, 3.63) is 60.4 Å². The minimum Gasteiger partial charge on any atom is -0.326 e. The van der Waals surface area contributed by atoms with Crippen LogP contribution in [0.2, 0.25) is 0 Å². The van der Waals surface area contributed by atoms with Crippen LogP contribution >= 0.6 is 0 Å². The zero-order chi connectivity index (χ0) is 14.8. The Bertz CT molecular complexity index is 431. The SMILES string of the molecule is C=C/C(C)=C(\C=C)NC(=O)C/C=C\C(=C/C)C(F)F. The Morgan fingerprint density at radius 1 is 1.32 bits per heavy atom. The van der Waals surface area contributed by atoms with Gasteiger partial charge in [0, 0.05) is 17.7 Å². The van der Waals surface area contributed by atoms with E-state index < -0.39 is 6.43 Å². The number of amides is 1. The van der Waals surface area contributed by atoms with Crippen molar-refractivity contribution in [1.29, 1.82) is 0 Å². The fraction of sp³-hybridized carbons (Fsp3) is 0.267. The summed E-state index contributed by atoms with van der Waals surface area (Å²) in [7, 11) is 0. The summed E-state index contributed by atoms with van der Waals surface area (Å²) in [5, 5.41) is 2.63. The van der Waals surface area contributed by atoms with Gasteiger partial charge in [0.2, 0.25) is 5.91 Å². The van der Waals surface area contributed by atoms with Gasteiger partial charge < -0.3 is 5.32 Å². The second-order valence-corrected chi connectivity index (χ2v) is 3.75. The third-order valence-corrected chi connectivity index (χ3v) is 2.41. The van der Waals surface area contributed by atoms with Crippen LogP contribution in [-0.4, -0.2) is 12.3 Å². The molecule has 0 saturated heterocycles. The highest BCUT2D eigenvalue weighted by atomic mass is 19.3. The summed E-state index contributed by atoms with van der Waals surface area (Å²) in [5.74, 6) is -0.294. The van der Waals surface area contributed by atoms with Crippen molar-refractivity contribution in [2.24, 2.45) is 0 Å². The predicted octanol–water partition coefficient (Wildman–Crippen LogP) is 3.91. The highest BCUT2D eigenvalue weighted by molar-refractivity contribution is 5.80. The molecule has 0 aromatic rings. The summed E-state index contributed by atoms with van der Waals surface area (Å²) >= 11 is 0. The molecule has 104 valence electrons. The number of nitrogens with one attached hydrogen (secondary N) is 1. The van der Waals surface area contributed by atoms with Crippen LogP contribution in [0.1, 0.15) is 20.3 Å². The minimum absolute atomic E-state index is 0.0197. The van der Waals surface area contributed by atoms with Crippen molar-refractivity contribution in [2.75, 3.05) is 0 Å². The molecule has 0 aromatic carbocycles. The standard InChI is InChI=1S/C15H19F2NO/c1-5-11(4)13(7-3)18-14(19)10-8-9-12(6-2)15(16)17/h5-9,15H,1,3,10H2,2,4H3,(H,18,19)/b9-8-,12-6+,13-11+. The predicted molar refractivity (Wildman–Crippen MR) is 74.8 cm³/mol. The van der Waals surface area contributed by atoms with Crippen LogP contribution < -0.4 is 5.32 Å². The second-order valence-electron chi connectivity index (χ2n) is 3.75. The lowest BCUT2D eigenvalue weighted by atomic mass is 10.2. The number of halogens is 2. The van der Waals surface area contributed by atoms with Gasteiger partial charge in [0.1, 0.15) is 0 Å². The van der Waals surface area contributed by atoms with Crippen molar-refractivity contribution in [3.8, 4) is 0 Å². The van der Waals surface area contributed by atoms with Gasteiger partial charge in [-0.2, -0.15) is 0 Å². The molecule has 1 amide bonds. The van der Waals surface area contributed by atoms with Gasteiger partial charge in [0.15, 0.2) is 0 Å². The van der Waals surface area contributed by atoms with Gasteiger partial charge in [0.25, 0.3) is 6.43 Å². The molecule has 0 aliphatic carbocycles. The first-order valence-corrected chi connectivity index (χ1v) is 5.82. The zero-order valence-corrected chi connectivity index (χ0v) is 11.2. The van der Waals surface area contributed by atoms with E-state index in [9.17, 15) is 13.6 Å². The van der Waals surface area contributed by atoms with Gasteiger partial charge in [0.05, 0.1) is 0 Å². The first kappa shape index (κ1) is 17.0. The van der Waals surface area contributed by atoms with E-state index in [1.54, 1.807) is 13.0 Å². The quantitative estimate of drug-likeness (QED) is 0.696. The Hall–Kier alpha value is -1.97. The van der Waals surface area contributed by atoms with Crippen molar-refractivity contribution >= 4 is 5.91 Å². The summed E-state index contributed by atoms with van der Waals surface area (Å²) in [6.45, 7) is 10.5. The zero-order valence-electron chi connectivity index (χ0n) is 11.2. The van der Waals surface area contributed by atoms with Gasteiger partial charge >= 0.3 is 0 Å². The number of carbonyl (C=O) groups is 1. The molecule has 0 atom stereocenters. The van der Waals surface area contributed by atoms with Gasteiger partial charge in [-0.05, 0) is 25.5 Å². The van der Waals surface area contributed by atoms with Crippen LogP contribution in [0.4, 0.5) is 8.78 Å². The summed E-state index contributed by atoms with van der Waals surface area (Å²) in [4.78, 5) is 11.6. The molecule has 0 saturated carbocycles. The van der Waals surface area contributed by atoms with Gasteiger partial charge in [-0.15, -0.1) is 0 Å². The smallest absolute Gasteiger partial charge is 0.263 e. The van der Waals surface area contributed by atoms with E-state index in [0.29, 0.717) is 5.70 Å². The van der Waals surface area contributed by atoms with Crippen LogP contribution in [0.25, 0.3) is 0 Å². The first-order chi connectivity index (χ1) is 8.96. The molecule has 0 fully saturated rings. The fourth-order valence-electron chi connectivity index (χ4n) is 1.22. The topological polar surface area (TPSA) is 29.1 Å². The molecule has 0 spiro atoms. The van der Waals surface area contributed by atoms with Crippen LogP contribution in [-0.2, 0) is 4.79 Å². The molecule has 0 aliphatic heterocycles. The lowest BCUT2D eigenvalue weighted by molar-refractivity contribution is -0.119. The molecule has 19 heavy (non-hydrogen) atoms. The maximum atomic E-state index is 12.4. The van der Waals surface area contributed by atoms with Gasteiger partial charge in [-0.25, -0.2) is 8.78 Å². The number of alkyl halides is 2. The van der Waals surface area contributed by atoms with Crippen LogP contribution in [0.3, 0.4) is 0 Å².